The Balaban J connectivity index is 0.00000200. The molecule has 0 spiro atoms. The lowest BCUT2D eigenvalue weighted by atomic mass is 10.00. The van der Waals surface area contributed by atoms with Crippen molar-refractivity contribution in [3.05, 3.63) is 35.9 Å². The lowest BCUT2D eigenvalue weighted by molar-refractivity contribution is -0.153. The van der Waals surface area contributed by atoms with E-state index in [1.54, 1.807) is 6.92 Å². The maximum atomic E-state index is 11.9. The molecular formula is C15H20ClNO3. The van der Waals surface area contributed by atoms with Crippen molar-refractivity contribution in [2.45, 2.75) is 32.4 Å². The van der Waals surface area contributed by atoms with Crippen LogP contribution in [0.2, 0.25) is 0 Å². The van der Waals surface area contributed by atoms with Crippen LogP contribution in [-0.4, -0.2) is 35.8 Å². The molecule has 1 heterocycles. The second-order valence-corrected chi connectivity index (χ2v) is 4.72. The van der Waals surface area contributed by atoms with Gasteiger partial charge in [-0.15, -0.1) is 12.4 Å². The Morgan fingerprint density at radius 3 is 2.70 bits per heavy atom. The average molecular weight is 298 g/mol. The third-order valence-corrected chi connectivity index (χ3v) is 3.33. The average Bonchev–Trinajstić information content (AvgIpc) is 2.42. The van der Waals surface area contributed by atoms with Crippen molar-refractivity contribution in [1.82, 2.24) is 4.90 Å². The van der Waals surface area contributed by atoms with Crippen LogP contribution in [0.4, 0.5) is 0 Å². The first kappa shape index (κ1) is 16.7. The van der Waals surface area contributed by atoms with E-state index in [9.17, 15) is 9.59 Å². The van der Waals surface area contributed by atoms with Gasteiger partial charge in [-0.05, 0) is 12.5 Å². The Kier molecular flexibility index (Phi) is 6.68. The first-order chi connectivity index (χ1) is 9.20. The van der Waals surface area contributed by atoms with Crippen molar-refractivity contribution < 1.29 is 14.3 Å². The van der Waals surface area contributed by atoms with Crippen molar-refractivity contribution in [2.24, 2.45) is 0 Å². The summed E-state index contributed by atoms with van der Waals surface area (Å²) in [6, 6.07) is 9.54. The summed E-state index contributed by atoms with van der Waals surface area (Å²) in [7, 11) is 0. The van der Waals surface area contributed by atoms with Gasteiger partial charge in [0.2, 0.25) is 0 Å². The quantitative estimate of drug-likeness (QED) is 0.800. The van der Waals surface area contributed by atoms with Gasteiger partial charge in [0.15, 0.2) is 0 Å². The fourth-order valence-corrected chi connectivity index (χ4v) is 2.35. The number of hydrogen-bond donors (Lipinski definition) is 0. The van der Waals surface area contributed by atoms with Gasteiger partial charge in [-0.1, -0.05) is 30.3 Å². The van der Waals surface area contributed by atoms with Gasteiger partial charge in [0, 0.05) is 25.9 Å². The van der Waals surface area contributed by atoms with Crippen molar-refractivity contribution in [3.63, 3.8) is 0 Å². The Bertz CT molecular complexity index is 450. The van der Waals surface area contributed by atoms with Crippen LogP contribution < -0.4 is 0 Å². The number of benzene rings is 1. The predicted octanol–water partition coefficient (Wildman–Crippen LogP) is 2.21. The van der Waals surface area contributed by atoms with Crippen LogP contribution in [0, 0.1) is 0 Å². The molecule has 1 unspecified atom stereocenters. The Hall–Kier alpha value is -1.39. The second kappa shape index (κ2) is 8.02. The summed E-state index contributed by atoms with van der Waals surface area (Å²) < 4.78 is 5.06. The first-order valence-corrected chi connectivity index (χ1v) is 6.67. The molecule has 0 N–H and O–H groups in total. The van der Waals surface area contributed by atoms with Gasteiger partial charge in [0.05, 0.1) is 6.61 Å². The SMILES string of the molecule is CCOC(=O)C1CC(=O)CCN1Cc1ccccc1.Cl. The molecule has 1 aromatic carbocycles. The number of nitrogens with zero attached hydrogens (tertiary/aromatic N) is 1. The van der Waals surface area contributed by atoms with E-state index in [0.717, 1.165) is 5.56 Å². The molecule has 0 radical (unpaired) electrons. The minimum Gasteiger partial charge on any atom is -0.465 e. The van der Waals surface area contributed by atoms with Crippen LogP contribution in [-0.2, 0) is 20.9 Å². The normalized spacial score (nSPS) is 19.2. The van der Waals surface area contributed by atoms with E-state index in [1.165, 1.54) is 0 Å². The highest BCUT2D eigenvalue weighted by molar-refractivity contribution is 5.87. The molecule has 110 valence electrons. The van der Waals surface area contributed by atoms with Crippen LogP contribution in [0.15, 0.2) is 30.3 Å². The van der Waals surface area contributed by atoms with E-state index in [4.69, 9.17) is 4.74 Å². The van der Waals surface area contributed by atoms with Crippen molar-refractivity contribution >= 4 is 24.2 Å². The van der Waals surface area contributed by atoms with Gasteiger partial charge in [0.1, 0.15) is 11.8 Å². The molecule has 0 bridgehead atoms. The van der Waals surface area contributed by atoms with Gasteiger partial charge in [-0.3, -0.25) is 14.5 Å². The minimum absolute atomic E-state index is 0. The molecule has 20 heavy (non-hydrogen) atoms. The largest absolute Gasteiger partial charge is 0.465 e. The topological polar surface area (TPSA) is 46.6 Å². The van der Waals surface area contributed by atoms with Crippen LogP contribution in [0.5, 0.6) is 0 Å². The van der Waals surface area contributed by atoms with Crippen molar-refractivity contribution in [1.29, 1.82) is 0 Å². The predicted molar refractivity (Wildman–Crippen MR) is 78.8 cm³/mol. The number of ketones is 1. The van der Waals surface area contributed by atoms with Crippen LogP contribution in [0.3, 0.4) is 0 Å². The lowest BCUT2D eigenvalue weighted by Gasteiger charge is -2.33. The molecule has 5 heteroatoms. The van der Waals surface area contributed by atoms with E-state index in [-0.39, 0.29) is 30.6 Å². The summed E-state index contributed by atoms with van der Waals surface area (Å²) in [4.78, 5) is 25.5. The molecule has 0 aromatic heterocycles. The monoisotopic (exact) mass is 297 g/mol. The molecule has 1 aliphatic heterocycles. The van der Waals surface area contributed by atoms with E-state index >= 15 is 0 Å². The summed E-state index contributed by atoms with van der Waals surface area (Å²) in [6.07, 6.45) is 0.786. The van der Waals surface area contributed by atoms with Crippen molar-refractivity contribution in [2.75, 3.05) is 13.2 Å². The second-order valence-electron chi connectivity index (χ2n) is 4.72. The number of likely N-dealkylation sites (tertiary alicyclic amines) is 1. The minimum atomic E-state index is -0.429. The standard InChI is InChI=1S/C15H19NO3.ClH/c1-2-19-15(18)14-10-13(17)8-9-16(14)11-12-6-4-3-5-7-12;/h3-7,14H,2,8-11H2,1H3;1H. The number of halogens is 1. The van der Waals surface area contributed by atoms with Gasteiger partial charge >= 0.3 is 5.97 Å². The van der Waals surface area contributed by atoms with Crippen LogP contribution >= 0.6 is 12.4 Å². The summed E-state index contributed by atoms with van der Waals surface area (Å²) in [6.45, 7) is 3.43. The third-order valence-electron chi connectivity index (χ3n) is 3.33. The van der Waals surface area contributed by atoms with E-state index in [2.05, 4.69) is 0 Å². The number of hydrogen-bond acceptors (Lipinski definition) is 4. The molecule has 0 saturated carbocycles. The molecule has 1 fully saturated rings. The van der Waals surface area contributed by atoms with E-state index in [1.807, 2.05) is 35.2 Å². The molecule has 1 aromatic rings. The van der Waals surface area contributed by atoms with Crippen LogP contribution in [0.25, 0.3) is 0 Å². The molecule has 0 amide bonds. The maximum absolute atomic E-state index is 11.9. The van der Waals surface area contributed by atoms with Gasteiger partial charge in [0.25, 0.3) is 0 Å². The summed E-state index contributed by atoms with van der Waals surface area (Å²) in [5, 5.41) is 0. The number of esters is 1. The highest BCUT2D eigenvalue weighted by Crippen LogP contribution is 2.18. The molecule has 1 atom stereocenters. The number of ether oxygens (including phenoxy) is 1. The van der Waals surface area contributed by atoms with Gasteiger partial charge < -0.3 is 4.74 Å². The lowest BCUT2D eigenvalue weighted by Crippen LogP contribution is -2.47. The highest BCUT2D eigenvalue weighted by Gasteiger charge is 2.33. The zero-order valence-corrected chi connectivity index (χ0v) is 12.4. The van der Waals surface area contributed by atoms with Crippen LogP contribution in [0.1, 0.15) is 25.3 Å². The number of piperidine rings is 1. The summed E-state index contributed by atoms with van der Waals surface area (Å²) in [5.74, 6) is -0.145. The zero-order valence-electron chi connectivity index (χ0n) is 11.6. The fraction of sp³-hybridized carbons (Fsp3) is 0.467. The molecule has 1 saturated heterocycles. The number of Topliss-reactive ketones (excluding diaryl/α,β-unsaturated/α-hetero) is 1. The third kappa shape index (κ3) is 4.32. The summed E-state index contributed by atoms with van der Waals surface area (Å²) >= 11 is 0. The Morgan fingerprint density at radius 2 is 2.05 bits per heavy atom. The number of carbonyl (C=O) groups is 2. The molecular weight excluding hydrogens is 278 g/mol. The Labute approximate surface area is 125 Å². The molecule has 4 nitrogen and oxygen atoms in total. The number of carbonyl (C=O) groups excluding carboxylic acids is 2. The molecule has 2 rings (SSSR count). The van der Waals surface area contributed by atoms with Gasteiger partial charge in [-0.2, -0.15) is 0 Å². The maximum Gasteiger partial charge on any atom is 0.323 e. The Morgan fingerprint density at radius 1 is 1.35 bits per heavy atom. The number of rotatable bonds is 4. The first-order valence-electron chi connectivity index (χ1n) is 6.67. The highest BCUT2D eigenvalue weighted by atomic mass is 35.5. The zero-order chi connectivity index (χ0) is 13.7. The van der Waals surface area contributed by atoms with E-state index < -0.39 is 6.04 Å². The fourth-order valence-electron chi connectivity index (χ4n) is 2.35. The smallest absolute Gasteiger partial charge is 0.323 e. The van der Waals surface area contributed by atoms with Crippen molar-refractivity contribution in [3.8, 4) is 0 Å². The molecule has 1 aliphatic rings. The van der Waals surface area contributed by atoms with Gasteiger partial charge in [-0.25, -0.2) is 0 Å². The molecule has 0 aliphatic carbocycles. The summed E-state index contributed by atoms with van der Waals surface area (Å²) in [5.41, 5.74) is 1.14. The van der Waals surface area contributed by atoms with E-state index in [0.29, 0.717) is 26.1 Å².